The van der Waals surface area contributed by atoms with Crippen LogP contribution in [0.5, 0.6) is 0 Å². The lowest BCUT2D eigenvalue weighted by Gasteiger charge is -2.07. The normalized spacial score (nSPS) is 12.7. The topological polar surface area (TPSA) is 37.2 Å². The lowest BCUT2D eigenvalue weighted by molar-refractivity contribution is 0.191. The highest BCUT2D eigenvalue weighted by Gasteiger charge is 2.09. The number of rotatable bonds is 6. The molecule has 3 rings (SSSR count). The van der Waals surface area contributed by atoms with Gasteiger partial charge in [0, 0.05) is 36.7 Å². The zero-order valence-corrected chi connectivity index (χ0v) is 15.0. The predicted octanol–water partition coefficient (Wildman–Crippen LogP) is 4.47. The zero-order chi connectivity index (χ0) is 17.1. The summed E-state index contributed by atoms with van der Waals surface area (Å²) in [5, 5.41) is 15.0. The van der Waals surface area contributed by atoms with E-state index in [1.807, 2.05) is 30.3 Å². The van der Waals surface area contributed by atoms with E-state index in [-0.39, 0.29) is 6.10 Å². The number of aliphatic hydroxyl groups is 1. The number of aromatic nitrogens is 1. The Morgan fingerprint density at radius 3 is 2.67 bits per heavy atom. The molecule has 0 bridgehead atoms. The van der Waals surface area contributed by atoms with E-state index in [1.165, 1.54) is 16.5 Å². The standard InChI is InChI=1S/C19H20Cl2N2O/c1-13(24)9-22-10-15-12-23(19-5-3-2-4-16(15)19)11-14-6-7-17(20)18(21)8-14/h2-8,12-13,22,24H,9-11H2,1H3/t13-/m0/s1. The van der Waals surface area contributed by atoms with Gasteiger partial charge in [0.2, 0.25) is 0 Å². The smallest absolute Gasteiger partial charge is 0.0636 e. The summed E-state index contributed by atoms with van der Waals surface area (Å²) in [7, 11) is 0. The maximum Gasteiger partial charge on any atom is 0.0636 e. The summed E-state index contributed by atoms with van der Waals surface area (Å²) in [5.74, 6) is 0. The molecule has 1 aromatic heterocycles. The molecule has 3 nitrogen and oxygen atoms in total. The Morgan fingerprint density at radius 2 is 1.92 bits per heavy atom. The average molecular weight is 363 g/mol. The van der Waals surface area contributed by atoms with Gasteiger partial charge in [0.05, 0.1) is 16.1 Å². The van der Waals surface area contributed by atoms with Crippen LogP contribution in [0.4, 0.5) is 0 Å². The number of nitrogens with zero attached hydrogens (tertiary/aromatic N) is 1. The maximum atomic E-state index is 9.40. The summed E-state index contributed by atoms with van der Waals surface area (Å²) in [6.45, 7) is 3.81. The lowest BCUT2D eigenvalue weighted by Crippen LogP contribution is -2.23. The molecule has 0 amide bonds. The van der Waals surface area contributed by atoms with Gasteiger partial charge in [-0.2, -0.15) is 0 Å². The van der Waals surface area contributed by atoms with Gasteiger partial charge in [-0.25, -0.2) is 0 Å². The largest absolute Gasteiger partial charge is 0.392 e. The molecule has 1 atom stereocenters. The minimum Gasteiger partial charge on any atom is -0.392 e. The number of aliphatic hydroxyl groups excluding tert-OH is 1. The van der Waals surface area contributed by atoms with Gasteiger partial charge in [0.15, 0.2) is 0 Å². The highest BCUT2D eigenvalue weighted by Crippen LogP contribution is 2.26. The van der Waals surface area contributed by atoms with Crippen molar-refractivity contribution in [3.63, 3.8) is 0 Å². The van der Waals surface area contributed by atoms with Crippen LogP contribution >= 0.6 is 23.2 Å². The van der Waals surface area contributed by atoms with Crippen LogP contribution in [0, 0.1) is 0 Å². The number of hydrogen-bond donors (Lipinski definition) is 2. The van der Waals surface area contributed by atoms with Gasteiger partial charge in [-0.1, -0.05) is 47.5 Å². The van der Waals surface area contributed by atoms with E-state index in [0.29, 0.717) is 16.6 Å². The Hall–Kier alpha value is -1.52. The fourth-order valence-electron chi connectivity index (χ4n) is 2.84. The Morgan fingerprint density at radius 1 is 1.12 bits per heavy atom. The molecule has 0 spiro atoms. The van der Waals surface area contributed by atoms with Crippen molar-refractivity contribution in [2.24, 2.45) is 0 Å². The molecular weight excluding hydrogens is 343 g/mol. The van der Waals surface area contributed by atoms with Gasteiger partial charge >= 0.3 is 0 Å². The third-order valence-electron chi connectivity index (χ3n) is 3.96. The average Bonchev–Trinajstić information content (AvgIpc) is 2.89. The Balaban J connectivity index is 1.88. The van der Waals surface area contributed by atoms with Crippen LogP contribution in [0.3, 0.4) is 0 Å². The molecular formula is C19H20Cl2N2O. The molecule has 0 unspecified atom stereocenters. The summed E-state index contributed by atoms with van der Waals surface area (Å²) in [5.41, 5.74) is 3.50. The molecule has 0 fully saturated rings. The quantitative estimate of drug-likeness (QED) is 0.678. The maximum absolute atomic E-state index is 9.40. The molecule has 5 heteroatoms. The van der Waals surface area contributed by atoms with Crippen molar-refractivity contribution in [2.75, 3.05) is 6.54 Å². The molecule has 1 heterocycles. The van der Waals surface area contributed by atoms with E-state index in [9.17, 15) is 5.11 Å². The molecule has 2 aromatic carbocycles. The molecule has 2 N–H and O–H groups in total. The first-order valence-electron chi connectivity index (χ1n) is 7.94. The van der Waals surface area contributed by atoms with Crippen molar-refractivity contribution in [1.82, 2.24) is 9.88 Å². The Bertz CT molecular complexity index is 842. The second-order valence-electron chi connectivity index (χ2n) is 6.03. The number of para-hydroxylation sites is 1. The summed E-state index contributed by atoms with van der Waals surface area (Å²) < 4.78 is 2.22. The monoisotopic (exact) mass is 362 g/mol. The van der Waals surface area contributed by atoms with Crippen LogP contribution in [-0.2, 0) is 13.1 Å². The molecule has 0 aliphatic carbocycles. The van der Waals surface area contributed by atoms with Crippen molar-refractivity contribution in [3.05, 3.63) is 69.8 Å². The number of hydrogen-bond acceptors (Lipinski definition) is 2. The second-order valence-corrected chi connectivity index (χ2v) is 6.84. The van der Waals surface area contributed by atoms with Gasteiger partial charge < -0.3 is 15.0 Å². The van der Waals surface area contributed by atoms with Crippen molar-refractivity contribution < 1.29 is 5.11 Å². The Labute approximate surface area is 151 Å². The van der Waals surface area contributed by atoms with E-state index in [4.69, 9.17) is 23.2 Å². The van der Waals surface area contributed by atoms with Crippen molar-refractivity contribution in [3.8, 4) is 0 Å². The SMILES string of the molecule is C[C@H](O)CNCc1cn(Cc2ccc(Cl)c(Cl)c2)c2ccccc12. The predicted molar refractivity (Wildman–Crippen MR) is 101 cm³/mol. The van der Waals surface area contributed by atoms with E-state index < -0.39 is 0 Å². The van der Waals surface area contributed by atoms with Crippen LogP contribution in [0.25, 0.3) is 10.9 Å². The summed E-state index contributed by atoms with van der Waals surface area (Å²) in [6, 6.07) is 14.1. The first kappa shape index (κ1) is 17.3. The van der Waals surface area contributed by atoms with E-state index in [1.54, 1.807) is 6.92 Å². The van der Waals surface area contributed by atoms with E-state index in [0.717, 1.165) is 18.7 Å². The minimum atomic E-state index is -0.352. The van der Waals surface area contributed by atoms with Gasteiger partial charge in [-0.05, 0) is 36.2 Å². The van der Waals surface area contributed by atoms with Crippen LogP contribution in [-0.4, -0.2) is 22.3 Å². The van der Waals surface area contributed by atoms with Crippen molar-refractivity contribution in [1.29, 1.82) is 0 Å². The fraction of sp³-hybridized carbons (Fsp3) is 0.263. The van der Waals surface area contributed by atoms with Crippen molar-refractivity contribution in [2.45, 2.75) is 26.1 Å². The van der Waals surface area contributed by atoms with Crippen molar-refractivity contribution >= 4 is 34.1 Å². The molecule has 0 radical (unpaired) electrons. The highest BCUT2D eigenvalue weighted by molar-refractivity contribution is 6.42. The molecule has 0 aliphatic rings. The summed E-state index contributed by atoms with van der Waals surface area (Å²) >= 11 is 12.1. The zero-order valence-electron chi connectivity index (χ0n) is 13.5. The van der Waals surface area contributed by atoms with E-state index in [2.05, 4.69) is 28.2 Å². The number of benzene rings is 2. The summed E-state index contributed by atoms with van der Waals surface area (Å²) in [4.78, 5) is 0. The third-order valence-corrected chi connectivity index (χ3v) is 4.70. The van der Waals surface area contributed by atoms with Gasteiger partial charge in [0.1, 0.15) is 0 Å². The third kappa shape index (κ3) is 3.93. The first-order valence-corrected chi connectivity index (χ1v) is 8.69. The first-order chi connectivity index (χ1) is 11.5. The van der Waals surface area contributed by atoms with Crippen LogP contribution in [0.2, 0.25) is 10.0 Å². The Kier molecular flexibility index (Phi) is 5.47. The molecule has 0 saturated heterocycles. The minimum absolute atomic E-state index is 0.352. The fourth-order valence-corrected chi connectivity index (χ4v) is 3.17. The molecule has 0 aliphatic heterocycles. The summed E-state index contributed by atoms with van der Waals surface area (Å²) in [6.07, 6.45) is 1.80. The van der Waals surface area contributed by atoms with Gasteiger partial charge in [-0.15, -0.1) is 0 Å². The van der Waals surface area contributed by atoms with Crippen LogP contribution in [0.15, 0.2) is 48.7 Å². The number of nitrogens with one attached hydrogen (secondary N) is 1. The second kappa shape index (κ2) is 7.58. The van der Waals surface area contributed by atoms with Crippen LogP contribution in [0.1, 0.15) is 18.1 Å². The molecule has 24 heavy (non-hydrogen) atoms. The number of halogens is 2. The molecule has 3 aromatic rings. The van der Waals surface area contributed by atoms with Gasteiger partial charge in [0.25, 0.3) is 0 Å². The van der Waals surface area contributed by atoms with E-state index >= 15 is 0 Å². The highest BCUT2D eigenvalue weighted by atomic mass is 35.5. The van der Waals surface area contributed by atoms with Crippen LogP contribution < -0.4 is 5.32 Å². The molecule has 0 saturated carbocycles. The molecule has 126 valence electrons. The van der Waals surface area contributed by atoms with Gasteiger partial charge in [-0.3, -0.25) is 0 Å². The lowest BCUT2D eigenvalue weighted by atomic mass is 10.2. The number of fused-ring (bicyclic) bond motifs is 1.